The van der Waals surface area contributed by atoms with E-state index in [4.69, 9.17) is 4.84 Å². The summed E-state index contributed by atoms with van der Waals surface area (Å²) in [6.45, 7) is 3.80. The summed E-state index contributed by atoms with van der Waals surface area (Å²) in [6.07, 6.45) is 3.62. The highest BCUT2D eigenvalue weighted by Gasteiger charge is 2.58. The van der Waals surface area contributed by atoms with Crippen LogP contribution in [0.3, 0.4) is 0 Å². The van der Waals surface area contributed by atoms with Gasteiger partial charge in [0.1, 0.15) is 11.2 Å². The van der Waals surface area contributed by atoms with Gasteiger partial charge >= 0.3 is 0 Å². The lowest BCUT2D eigenvalue weighted by Crippen LogP contribution is -3.00. The Balaban J connectivity index is 0.000000853. The zero-order chi connectivity index (χ0) is 9.81. The van der Waals surface area contributed by atoms with Crippen molar-refractivity contribution in [1.82, 2.24) is 0 Å². The van der Waals surface area contributed by atoms with E-state index in [2.05, 4.69) is 28.1 Å². The van der Waals surface area contributed by atoms with Crippen LogP contribution in [0.2, 0.25) is 0 Å². The first kappa shape index (κ1) is 12.1. The van der Waals surface area contributed by atoms with Crippen molar-refractivity contribution in [2.24, 2.45) is 11.1 Å². The van der Waals surface area contributed by atoms with E-state index in [0.717, 1.165) is 23.5 Å². The summed E-state index contributed by atoms with van der Waals surface area (Å²) < 4.78 is 2.18. The van der Waals surface area contributed by atoms with Crippen molar-refractivity contribution in [3.63, 3.8) is 0 Å². The molecule has 5 heteroatoms. The van der Waals surface area contributed by atoms with Gasteiger partial charge in [0, 0.05) is 25.2 Å². The first-order valence-corrected chi connectivity index (χ1v) is 6.15. The minimum atomic E-state index is 0. The third-order valence-electron chi connectivity index (χ3n) is 4.20. The first-order valence-electron chi connectivity index (χ1n) is 5.36. The Morgan fingerprint density at radius 3 is 2.60 bits per heavy atom. The quantitative estimate of drug-likeness (QED) is 0.376. The van der Waals surface area contributed by atoms with Crippen LogP contribution in [0.4, 0.5) is 0 Å². The Bertz CT molecular complexity index is 302. The fraction of sp³-hybridized carbons (Fsp3) is 0.900. The summed E-state index contributed by atoms with van der Waals surface area (Å²) in [5, 5.41) is 4.09. The van der Waals surface area contributed by atoms with Crippen molar-refractivity contribution < 1.29 is 33.3 Å². The fourth-order valence-electron chi connectivity index (χ4n) is 3.41. The standard InChI is InChI=1S/C10H16BrN2O.HI/c1-13-4-2-8(3-5-13)10(7-13)6-9(11)12-14-10;/h8H,2-7H2,1H3;1H/q+1;/p-1. The molecule has 1 spiro atoms. The molecule has 4 heterocycles. The number of nitrogens with zero attached hydrogens (tertiary/aromatic N) is 2. The number of piperidine rings is 3. The van der Waals surface area contributed by atoms with Gasteiger partial charge in [0.25, 0.3) is 0 Å². The molecular formula is C10H16BrIN2O. The monoisotopic (exact) mass is 386 g/mol. The van der Waals surface area contributed by atoms with E-state index >= 15 is 0 Å². The maximum atomic E-state index is 5.72. The van der Waals surface area contributed by atoms with E-state index in [1.165, 1.54) is 30.4 Å². The Labute approximate surface area is 116 Å². The molecule has 2 bridgehead atoms. The van der Waals surface area contributed by atoms with Gasteiger partial charge < -0.3 is 33.3 Å². The highest BCUT2D eigenvalue weighted by atomic mass is 127. The number of rotatable bonds is 0. The largest absolute Gasteiger partial charge is 1.00 e. The summed E-state index contributed by atoms with van der Waals surface area (Å²) in [5.41, 5.74) is 0.0457. The van der Waals surface area contributed by atoms with E-state index in [0.29, 0.717) is 0 Å². The molecule has 4 aliphatic rings. The zero-order valence-corrected chi connectivity index (χ0v) is 12.6. The van der Waals surface area contributed by atoms with Crippen molar-refractivity contribution in [3.05, 3.63) is 0 Å². The van der Waals surface area contributed by atoms with Crippen LogP contribution >= 0.6 is 15.9 Å². The topological polar surface area (TPSA) is 21.6 Å². The van der Waals surface area contributed by atoms with E-state index in [1.54, 1.807) is 0 Å². The van der Waals surface area contributed by atoms with Crippen molar-refractivity contribution in [3.8, 4) is 0 Å². The molecular weight excluding hydrogens is 371 g/mol. The van der Waals surface area contributed by atoms with Crippen molar-refractivity contribution in [2.75, 3.05) is 26.7 Å². The van der Waals surface area contributed by atoms with Crippen LogP contribution in [0.15, 0.2) is 5.16 Å². The molecule has 0 saturated carbocycles. The van der Waals surface area contributed by atoms with Gasteiger partial charge in [-0.05, 0) is 15.9 Å². The maximum absolute atomic E-state index is 5.72. The molecule has 0 N–H and O–H groups in total. The lowest BCUT2D eigenvalue weighted by atomic mass is 9.73. The Kier molecular flexibility index (Phi) is 3.10. The molecule has 4 aliphatic heterocycles. The molecule has 3 nitrogen and oxygen atoms in total. The van der Waals surface area contributed by atoms with E-state index in [1.807, 2.05) is 0 Å². The van der Waals surface area contributed by atoms with Crippen LogP contribution in [-0.4, -0.2) is 41.4 Å². The van der Waals surface area contributed by atoms with Gasteiger partial charge in [-0.2, -0.15) is 0 Å². The Morgan fingerprint density at radius 2 is 2.13 bits per heavy atom. The van der Waals surface area contributed by atoms with E-state index < -0.39 is 0 Å². The highest BCUT2D eigenvalue weighted by Crippen LogP contribution is 2.46. The number of hydrogen-bond donors (Lipinski definition) is 0. The van der Waals surface area contributed by atoms with E-state index in [-0.39, 0.29) is 29.6 Å². The summed E-state index contributed by atoms with van der Waals surface area (Å²) in [4.78, 5) is 5.72. The van der Waals surface area contributed by atoms with E-state index in [9.17, 15) is 0 Å². The number of likely N-dealkylation sites (N-methyl/N-ethyl adjacent to an activating group) is 1. The number of quaternary nitrogens is 1. The predicted molar refractivity (Wildman–Crippen MR) is 58.3 cm³/mol. The average Bonchev–Trinajstić information content (AvgIpc) is 2.47. The van der Waals surface area contributed by atoms with Crippen molar-refractivity contribution in [1.29, 1.82) is 0 Å². The van der Waals surface area contributed by atoms with Gasteiger partial charge in [-0.25, -0.2) is 0 Å². The van der Waals surface area contributed by atoms with Crippen LogP contribution in [0.25, 0.3) is 0 Å². The minimum Gasteiger partial charge on any atom is -1.00 e. The number of hydrogen-bond acceptors (Lipinski definition) is 2. The molecule has 0 aliphatic carbocycles. The average molecular weight is 387 g/mol. The van der Waals surface area contributed by atoms with Crippen molar-refractivity contribution >= 4 is 20.6 Å². The second kappa shape index (κ2) is 3.84. The third-order valence-corrected chi connectivity index (χ3v) is 4.62. The van der Waals surface area contributed by atoms with Crippen LogP contribution in [-0.2, 0) is 4.84 Å². The second-order valence-electron chi connectivity index (χ2n) is 5.30. The number of oxime groups is 1. The molecule has 4 rings (SSSR count). The summed E-state index contributed by atoms with van der Waals surface area (Å²) in [6, 6.07) is 0. The van der Waals surface area contributed by atoms with Gasteiger partial charge in [-0.3, -0.25) is 0 Å². The normalized spacial score (nSPS) is 47.3. The zero-order valence-electron chi connectivity index (χ0n) is 8.88. The summed E-state index contributed by atoms with van der Waals surface area (Å²) in [5.74, 6) is 0.737. The Hall–Kier alpha value is 0.640. The van der Waals surface area contributed by atoms with Gasteiger partial charge in [-0.15, -0.1) is 0 Å². The molecule has 15 heavy (non-hydrogen) atoms. The fourth-order valence-corrected chi connectivity index (χ4v) is 3.95. The molecule has 1 atom stereocenters. The second-order valence-corrected chi connectivity index (χ2v) is 6.21. The molecule has 0 aromatic carbocycles. The molecule has 0 aromatic heterocycles. The number of halogens is 2. The lowest BCUT2D eigenvalue weighted by molar-refractivity contribution is -0.933. The van der Waals surface area contributed by atoms with Crippen LogP contribution in [0, 0.1) is 5.92 Å². The minimum absolute atomic E-state index is 0. The molecule has 1 unspecified atom stereocenters. The Morgan fingerprint density at radius 1 is 1.47 bits per heavy atom. The molecule has 3 fully saturated rings. The summed E-state index contributed by atoms with van der Waals surface area (Å²) >= 11 is 3.46. The molecule has 0 radical (unpaired) electrons. The van der Waals surface area contributed by atoms with Crippen molar-refractivity contribution in [2.45, 2.75) is 24.9 Å². The van der Waals surface area contributed by atoms with Gasteiger partial charge in [0.2, 0.25) is 0 Å². The van der Waals surface area contributed by atoms with Gasteiger partial charge in [-0.1, -0.05) is 5.16 Å². The SMILES string of the molecule is C[N+]12CCC(CC1)C1(CC(Br)=NO1)C2.[I-]. The predicted octanol–water partition coefficient (Wildman–Crippen LogP) is -1.27. The molecule has 86 valence electrons. The van der Waals surface area contributed by atoms with Crippen LogP contribution in [0.5, 0.6) is 0 Å². The van der Waals surface area contributed by atoms with Gasteiger partial charge in [0.15, 0.2) is 5.60 Å². The molecule has 0 amide bonds. The van der Waals surface area contributed by atoms with Gasteiger partial charge in [0.05, 0.1) is 20.1 Å². The number of fused-ring (bicyclic) bond motifs is 2. The highest BCUT2D eigenvalue weighted by molar-refractivity contribution is 9.18. The van der Waals surface area contributed by atoms with Crippen LogP contribution < -0.4 is 24.0 Å². The van der Waals surface area contributed by atoms with Crippen LogP contribution in [0.1, 0.15) is 19.3 Å². The smallest absolute Gasteiger partial charge is 0.195 e. The first-order chi connectivity index (χ1) is 6.62. The third kappa shape index (κ3) is 1.84. The molecule has 0 aromatic rings. The molecule has 3 saturated heterocycles. The summed E-state index contributed by atoms with van der Waals surface area (Å²) in [7, 11) is 2.35. The maximum Gasteiger partial charge on any atom is 0.195 e. The lowest BCUT2D eigenvalue weighted by Gasteiger charge is -2.53.